The van der Waals surface area contributed by atoms with Gasteiger partial charge in [-0.3, -0.25) is 4.79 Å². The molecule has 2 aromatic rings. The van der Waals surface area contributed by atoms with Gasteiger partial charge in [-0.25, -0.2) is 0 Å². The van der Waals surface area contributed by atoms with Crippen LogP contribution < -0.4 is 5.32 Å². The molecule has 2 nitrogen and oxygen atoms in total. The summed E-state index contributed by atoms with van der Waals surface area (Å²) >= 11 is 5.93. The highest BCUT2D eigenvalue weighted by Gasteiger charge is 2.13. The summed E-state index contributed by atoms with van der Waals surface area (Å²) in [6.07, 6.45) is 1.21. The monoisotopic (exact) mass is 329 g/mol. The summed E-state index contributed by atoms with van der Waals surface area (Å²) in [7, 11) is 0. The molecule has 2 rings (SSSR count). The summed E-state index contributed by atoms with van der Waals surface area (Å²) in [5, 5.41) is 3.63. The number of benzene rings is 2. The lowest BCUT2D eigenvalue weighted by molar-refractivity contribution is -0.116. The number of hydrogen-bond acceptors (Lipinski definition) is 1. The molecule has 0 aliphatic rings. The van der Waals surface area contributed by atoms with Crippen LogP contribution in [0.5, 0.6) is 0 Å². The van der Waals surface area contributed by atoms with Gasteiger partial charge >= 0.3 is 0 Å². The molecule has 1 amide bonds. The SMILES string of the molecule is Cc1cc(Cl)ccc1NC(=O)CCc1ccc(C(C)(C)C)cc1. The van der Waals surface area contributed by atoms with Gasteiger partial charge in [0.2, 0.25) is 5.91 Å². The molecule has 1 N–H and O–H groups in total. The molecule has 0 radical (unpaired) electrons. The minimum atomic E-state index is 0.0234. The molecule has 0 aliphatic carbocycles. The molecule has 23 heavy (non-hydrogen) atoms. The van der Waals surface area contributed by atoms with Crippen molar-refractivity contribution in [3.05, 3.63) is 64.2 Å². The maximum atomic E-state index is 12.1. The Morgan fingerprint density at radius 1 is 1.09 bits per heavy atom. The van der Waals surface area contributed by atoms with Gasteiger partial charge in [0.1, 0.15) is 0 Å². The number of carbonyl (C=O) groups excluding carboxylic acids is 1. The van der Waals surface area contributed by atoms with E-state index in [1.165, 1.54) is 11.1 Å². The van der Waals surface area contributed by atoms with Gasteiger partial charge in [-0.2, -0.15) is 0 Å². The maximum absolute atomic E-state index is 12.1. The number of aryl methyl sites for hydroxylation is 2. The van der Waals surface area contributed by atoms with Gasteiger partial charge in [0.15, 0.2) is 0 Å². The Hall–Kier alpha value is -1.80. The fourth-order valence-corrected chi connectivity index (χ4v) is 2.64. The van der Waals surface area contributed by atoms with Crippen LogP contribution in [0.2, 0.25) is 5.02 Å². The average Bonchev–Trinajstić information content (AvgIpc) is 2.47. The van der Waals surface area contributed by atoms with Crippen molar-refractivity contribution in [3.63, 3.8) is 0 Å². The maximum Gasteiger partial charge on any atom is 0.224 e. The Balaban J connectivity index is 1.91. The summed E-state index contributed by atoms with van der Waals surface area (Å²) in [4.78, 5) is 12.1. The standard InChI is InChI=1S/C20H24ClNO/c1-14-13-17(21)10-11-18(14)22-19(23)12-7-15-5-8-16(9-6-15)20(2,3)4/h5-6,8-11,13H,7,12H2,1-4H3,(H,22,23). The van der Waals surface area contributed by atoms with Gasteiger partial charge in [-0.15, -0.1) is 0 Å². The van der Waals surface area contributed by atoms with Crippen LogP contribution in [-0.2, 0) is 16.6 Å². The lowest BCUT2D eigenvalue weighted by Crippen LogP contribution is -2.13. The van der Waals surface area contributed by atoms with Crippen molar-refractivity contribution >= 4 is 23.2 Å². The topological polar surface area (TPSA) is 29.1 Å². The second kappa shape index (κ2) is 7.18. The van der Waals surface area contributed by atoms with E-state index in [0.29, 0.717) is 11.4 Å². The van der Waals surface area contributed by atoms with Crippen molar-refractivity contribution in [1.82, 2.24) is 0 Å². The van der Waals surface area contributed by atoms with E-state index in [2.05, 4.69) is 50.4 Å². The number of nitrogens with one attached hydrogen (secondary N) is 1. The lowest BCUT2D eigenvalue weighted by Gasteiger charge is -2.19. The predicted octanol–water partition coefficient (Wildman–Crippen LogP) is 5.52. The molecule has 0 atom stereocenters. The Morgan fingerprint density at radius 2 is 1.74 bits per heavy atom. The number of halogens is 1. The van der Waals surface area contributed by atoms with E-state index in [1.807, 2.05) is 19.1 Å². The molecule has 3 heteroatoms. The number of anilines is 1. The van der Waals surface area contributed by atoms with Gasteiger partial charge in [0.05, 0.1) is 0 Å². The fourth-order valence-electron chi connectivity index (χ4n) is 2.41. The molecule has 0 aliphatic heterocycles. The van der Waals surface area contributed by atoms with Gasteiger partial charge in [0.25, 0.3) is 0 Å². The normalized spacial score (nSPS) is 11.3. The van der Waals surface area contributed by atoms with Crippen molar-refractivity contribution < 1.29 is 4.79 Å². The molecule has 0 heterocycles. The van der Waals surface area contributed by atoms with Crippen LogP contribution in [0.25, 0.3) is 0 Å². The zero-order chi connectivity index (χ0) is 17.0. The first-order valence-corrected chi connectivity index (χ1v) is 8.29. The first-order chi connectivity index (χ1) is 10.8. The van der Waals surface area contributed by atoms with Gasteiger partial charge in [0, 0.05) is 17.1 Å². The highest BCUT2D eigenvalue weighted by Crippen LogP contribution is 2.23. The number of rotatable bonds is 4. The van der Waals surface area contributed by atoms with E-state index < -0.39 is 0 Å². The lowest BCUT2D eigenvalue weighted by atomic mass is 9.86. The molecule has 0 fully saturated rings. The highest BCUT2D eigenvalue weighted by molar-refractivity contribution is 6.30. The summed E-state index contributed by atoms with van der Waals surface area (Å²) < 4.78 is 0. The van der Waals surface area contributed by atoms with Crippen molar-refractivity contribution in [1.29, 1.82) is 0 Å². The van der Waals surface area contributed by atoms with Crippen molar-refractivity contribution in [2.24, 2.45) is 0 Å². The largest absolute Gasteiger partial charge is 0.326 e. The van der Waals surface area contributed by atoms with Crippen LogP contribution in [0.4, 0.5) is 5.69 Å². The van der Waals surface area contributed by atoms with E-state index in [4.69, 9.17) is 11.6 Å². The third-order valence-electron chi connectivity index (χ3n) is 3.92. The third-order valence-corrected chi connectivity index (χ3v) is 4.16. The molecular weight excluding hydrogens is 306 g/mol. The van der Waals surface area contributed by atoms with Crippen LogP contribution in [0.15, 0.2) is 42.5 Å². The van der Waals surface area contributed by atoms with Crippen LogP contribution in [0, 0.1) is 6.92 Å². The smallest absolute Gasteiger partial charge is 0.224 e. The zero-order valence-corrected chi connectivity index (χ0v) is 15.0. The minimum Gasteiger partial charge on any atom is -0.326 e. The molecule has 122 valence electrons. The van der Waals surface area contributed by atoms with Crippen molar-refractivity contribution in [2.45, 2.75) is 46.0 Å². The molecule has 0 saturated heterocycles. The van der Waals surface area contributed by atoms with E-state index >= 15 is 0 Å². The molecular formula is C20H24ClNO. The Kier molecular flexibility index (Phi) is 5.48. The van der Waals surface area contributed by atoms with Gasteiger partial charge < -0.3 is 5.32 Å². The Labute approximate surface area is 143 Å². The second-order valence-electron chi connectivity index (χ2n) is 6.95. The Bertz CT molecular complexity index is 684. The van der Waals surface area contributed by atoms with Crippen molar-refractivity contribution in [2.75, 3.05) is 5.32 Å². The van der Waals surface area contributed by atoms with Crippen molar-refractivity contribution in [3.8, 4) is 0 Å². The van der Waals surface area contributed by atoms with E-state index in [-0.39, 0.29) is 11.3 Å². The minimum absolute atomic E-state index is 0.0234. The number of amides is 1. The second-order valence-corrected chi connectivity index (χ2v) is 7.39. The van der Waals surface area contributed by atoms with Gasteiger partial charge in [-0.1, -0.05) is 56.6 Å². The summed E-state index contributed by atoms with van der Waals surface area (Å²) in [5.74, 6) is 0.0234. The molecule has 0 spiro atoms. The Morgan fingerprint density at radius 3 is 2.30 bits per heavy atom. The third kappa shape index (κ3) is 5.11. The molecule has 0 aromatic heterocycles. The quantitative estimate of drug-likeness (QED) is 0.786. The first kappa shape index (κ1) is 17.6. The van der Waals surface area contributed by atoms with E-state index in [9.17, 15) is 4.79 Å². The predicted molar refractivity (Wildman–Crippen MR) is 98.3 cm³/mol. The van der Waals surface area contributed by atoms with Crippen LogP contribution in [0.3, 0.4) is 0 Å². The van der Waals surface area contributed by atoms with Gasteiger partial charge in [-0.05, 0) is 53.6 Å². The number of carbonyl (C=O) groups is 1. The van der Waals surface area contributed by atoms with E-state index in [0.717, 1.165) is 17.7 Å². The van der Waals surface area contributed by atoms with Crippen LogP contribution in [0.1, 0.15) is 43.9 Å². The zero-order valence-electron chi connectivity index (χ0n) is 14.2. The number of hydrogen-bond donors (Lipinski definition) is 1. The summed E-state index contributed by atoms with van der Waals surface area (Å²) in [6, 6.07) is 14.0. The van der Waals surface area contributed by atoms with E-state index in [1.54, 1.807) is 6.07 Å². The molecule has 0 bridgehead atoms. The highest BCUT2D eigenvalue weighted by atomic mass is 35.5. The first-order valence-electron chi connectivity index (χ1n) is 7.91. The molecule has 0 unspecified atom stereocenters. The molecule has 0 saturated carbocycles. The summed E-state index contributed by atoms with van der Waals surface area (Å²) in [5.41, 5.74) is 4.44. The fraction of sp³-hybridized carbons (Fsp3) is 0.350. The van der Waals surface area contributed by atoms with Crippen LogP contribution >= 0.6 is 11.6 Å². The van der Waals surface area contributed by atoms with Crippen LogP contribution in [-0.4, -0.2) is 5.91 Å². The summed E-state index contributed by atoms with van der Waals surface area (Å²) in [6.45, 7) is 8.53. The average molecular weight is 330 g/mol. The molecule has 2 aromatic carbocycles.